The van der Waals surface area contributed by atoms with Crippen molar-refractivity contribution < 1.29 is 14.3 Å². The van der Waals surface area contributed by atoms with Crippen LogP contribution in [0.3, 0.4) is 0 Å². The van der Waals surface area contributed by atoms with Crippen molar-refractivity contribution in [3.05, 3.63) is 34.9 Å². The van der Waals surface area contributed by atoms with Crippen LogP contribution in [0, 0.1) is 6.92 Å². The molecule has 1 aromatic rings. The standard InChI is InChI=1S/C16H23NO3/c1-10(2)7-16(18)17-12(4)13-9-15(20-6)14(19-5)8-11(13)3/h7-9,12H,1-6H3,(H,17,18)/t12-/m0/s1. The SMILES string of the molecule is COc1cc(C)c([C@H](C)NC(=O)C=C(C)C)cc1OC. The summed E-state index contributed by atoms with van der Waals surface area (Å²) in [4.78, 5) is 11.8. The van der Waals surface area contributed by atoms with Crippen LogP contribution >= 0.6 is 0 Å². The minimum Gasteiger partial charge on any atom is -0.493 e. The fourth-order valence-corrected chi connectivity index (χ4v) is 2.06. The van der Waals surface area contributed by atoms with Crippen LogP contribution in [0.2, 0.25) is 0 Å². The molecule has 0 spiro atoms. The van der Waals surface area contributed by atoms with Gasteiger partial charge in [-0.1, -0.05) is 5.57 Å². The second kappa shape index (κ2) is 6.98. The predicted molar refractivity (Wildman–Crippen MR) is 80.3 cm³/mol. The smallest absolute Gasteiger partial charge is 0.244 e. The molecule has 20 heavy (non-hydrogen) atoms. The van der Waals surface area contributed by atoms with Gasteiger partial charge < -0.3 is 14.8 Å². The van der Waals surface area contributed by atoms with Gasteiger partial charge in [0.25, 0.3) is 0 Å². The van der Waals surface area contributed by atoms with Gasteiger partial charge in [-0.3, -0.25) is 4.79 Å². The Hall–Kier alpha value is -1.97. The van der Waals surface area contributed by atoms with Gasteiger partial charge in [0.15, 0.2) is 11.5 Å². The number of carbonyl (C=O) groups is 1. The van der Waals surface area contributed by atoms with Crippen molar-refractivity contribution in [2.75, 3.05) is 14.2 Å². The van der Waals surface area contributed by atoms with Crippen molar-refractivity contribution in [1.29, 1.82) is 0 Å². The number of ether oxygens (including phenoxy) is 2. The van der Waals surface area contributed by atoms with Gasteiger partial charge >= 0.3 is 0 Å². The van der Waals surface area contributed by atoms with Gasteiger partial charge in [-0.05, 0) is 51.0 Å². The summed E-state index contributed by atoms with van der Waals surface area (Å²) in [6.45, 7) is 7.73. The molecule has 110 valence electrons. The number of hydrogen-bond acceptors (Lipinski definition) is 3. The number of benzene rings is 1. The molecule has 0 radical (unpaired) electrons. The van der Waals surface area contributed by atoms with Gasteiger partial charge in [0.2, 0.25) is 5.91 Å². The van der Waals surface area contributed by atoms with Crippen LogP contribution < -0.4 is 14.8 Å². The molecule has 4 nitrogen and oxygen atoms in total. The lowest BCUT2D eigenvalue weighted by molar-refractivity contribution is -0.117. The number of allylic oxidation sites excluding steroid dienone is 1. The fourth-order valence-electron chi connectivity index (χ4n) is 2.06. The first-order valence-corrected chi connectivity index (χ1v) is 6.57. The zero-order chi connectivity index (χ0) is 15.3. The first kappa shape index (κ1) is 16.1. The highest BCUT2D eigenvalue weighted by atomic mass is 16.5. The van der Waals surface area contributed by atoms with Gasteiger partial charge in [-0.15, -0.1) is 0 Å². The number of methoxy groups -OCH3 is 2. The lowest BCUT2D eigenvalue weighted by atomic mass is 10.0. The molecule has 0 saturated carbocycles. The van der Waals surface area contributed by atoms with Crippen molar-refractivity contribution in [3.8, 4) is 11.5 Å². The Balaban J connectivity index is 3.01. The summed E-state index contributed by atoms with van der Waals surface area (Å²) >= 11 is 0. The average molecular weight is 277 g/mol. The van der Waals surface area contributed by atoms with E-state index in [1.807, 2.05) is 39.8 Å². The topological polar surface area (TPSA) is 47.6 Å². The highest BCUT2D eigenvalue weighted by molar-refractivity contribution is 5.88. The van der Waals surface area contributed by atoms with Crippen LogP contribution in [0.1, 0.15) is 37.9 Å². The quantitative estimate of drug-likeness (QED) is 0.841. The molecule has 1 atom stereocenters. The van der Waals surface area contributed by atoms with E-state index in [-0.39, 0.29) is 11.9 Å². The molecule has 0 bridgehead atoms. The van der Waals surface area contributed by atoms with E-state index in [1.54, 1.807) is 20.3 Å². The molecular formula is C16H23NO3. The lowest BCUT2D eigenvalue weighted by Crippen LogP contribution is -2.25. The number of carbonyl (C=O) groups excluding carboxylic acids is 1. The highest BCUT2D eigenvalue weighted by Crippen LogP contribution is 2.32. The molecule has 1 N–H and O–H groups in total. The molecule has 0 aromatic heterocycles. The maximum Gasteiger partial charge on any atom is 0.244 e. The van der Waals surface area contributed by atoms with Crippen LogP contribution in [0.25, 0.3) is 0 Å². The van der Waals surface area contributed by atoms with Gasteiger partial charge in [0, 0.05) is 6.08 Å². The van der Waals surface area contributed by atoms with Crippen LogP contribution in [0.15, 0.2) is 23.8 Å². The third kappa shape index (κ3) is 4.02. The molecule has 0 aliphatic rings. The predicted octanol–water partition coefficient (Wildman–Crippen LogP) is 3.16. The summed E-state index contributed by atoms with van der Waals surface area (Å²) in [6.07, 6.45) is 1.59. The Labute approximate surface area is 120 Å². The van der Waals surface area contributed by atoms with Crippen molar-refractivity contribution in [2.24, 2.45) is 0 Å². The summed E-state index contributed by atoms with van der Waals surface area (Å²) in [6, 6.07) is 3.72. The molecule has 1 aromatic carbocycles. The van der Waals surface area contributed by atoms with E-state index >= 15 is 0 Å². The van der Waals surface area contributed by atoms with Gasteiger partial charge in [-0.2, -0.15) is 0 Å². The zero-order valence-electron chi connectivity index (χ0n) is 13.0. The van der Waals surface area contributed by atoms with E-state index in [2.05, 4.69) is 5.32 Å². The molecule has 0 aliphatic carbocycles. The molecule has 0 saturated heterocycles. The summed E-state index contributed by atoms with van der Waals surface area (Å²) in [5.41, 5.74) is 3.03. The first-order valence-electron chi connectivity index (χ1n) is 6.57. The molecule has 0 aliphatic heterocycles. The minimum absolute atomic E-state index is 0.0910. The molecule has 0 heterocycles. The summed E-state index contributed by atoms with van der Waals surface area (Å²) in [5.74, 6) is 1.26. The maximum absolute atomic E-state index is 11.8. The Bertz CT molecular complexity index is 517. The number of amides is 1. The second-order valence-electron chi connectivity index (χ2n) is 5.02. The van der Waals surface area contributed by atoms with Crippen LogP contribution in [-0.4, -0.2) is 20.1 Å². The van der Waals surface area contributed by atoms with E-state index in [4.69, 9.17) is 9.47 Å². The summed E-state index contributed by atoms with van der Waals surface area (Å²) < 4.78 is 10.6. The first-order chi connectivity index (χ1) is 9.38. The van der Waals surface area contributed by atoms with Crippen LogP contribution in [0.4, 0.5) is 0 Å². The van der Waals surface area contributed by atoms with Crippen molar-refractivity contribution >= 4 is 5.91 Å². The number of hydrogen-bond donors (Lipinski definition) is 1. The van der Waals surface area contributed by atoms with Gasteiger partial charge in [0.05, 0.1) is 20.3 Å². The third-order valence-corrected chi connectivity index (χ3v) is 3.02. The van der Waals surface area contributed by atoms with Crippen LogP contribution in [-0.2, 0) is 4.79 Å². The number of aryl methyl sites for hydroxylation is 1. The fraction of sp³-hybridized carbons (Fsp3) is 0.438. The van der Waals surface area contributed by atoms with Gasteiger partial charge in [0.1, 0.15) is 0 Å². The van der Waals surface area contributed by atoms with Crippen molar-refractivity contribution in [3.63, 3.8) is 0 Å². The number of rotatable bonds is 5. The van der Waals surface area contributed by atoms with Crippen molar-refractivity contribution in [2.45, 2.75) is 33.7 Å². The second-order valence-corrected chi connectivity index (χ2v) is 5.02. The van der Waals surface area contributed by atoms with E-state index in [1.165, 1.54) is 0 Å². The molecule has 0 unspecified atom stereocenters. The normalized spacial score (nSPS) is 11.5. The zero-order valence-corrected chi connectivity index (χ0v) is 13.0. The molecular weight excluding hydrogens is 254 g/mol. The van der Waals surface area contributed by atoms with E-state index in [0.717, 1.165) is 16.7 Å². The third-order valence-electron chi connectivity index (χ3n) is 3.02. The average Bonchev–Trinajstić information content (AvgIpc) is 2.36. The Morgan fingerprint density at radius 2 is 1.75 bits per heavy atom. The Morgan fingerprint density at radius 3 is 2.25 bits per heavy atom. The Morgan fingerprint density at radius 1 is 1.20 bits per heavy atom. The van der Waals surface area contributed by atoms with E-state index in [9.17, 15) is 4.79 Å². The largest absolute Gasteiger partial charge is 0.493 e. The molecule has 0 fully saturated rings. The maximum atomic E-state index is 11.8. The summed E-state index contributed by atoms with van der Waals surface area (Å²) in [5, 5.41) is 2.95. The summed E-state index contributed by atoms with van der Waals surface area (Å²) in [7, 11) is 3.21. The Kier molecular flexibility index (Phi) is 5.62. The van der Waals surface area contributed by atoms with Gasteiger partial charge in [-0.25, -0.2) is 0 Å². The molecule has 1 amide bonds. The molecule has 1 rings (SSSR count). The molecule has 4 heteroatoms. The number of nitrogens with one attached hydrogen (secondary N) is 1. The van der Waals surface area contributed by atoms with Crippen LogP contribution in [0.5, 0.6) is 11.5 Å². The van der Waals surface area contributed by atoms with Crippen molar-refractivity contribution in [1.82, 2.24) is 5.32 Å². The van der Waals surface area contributed by atoms with E-state index in [0.29, 0.717) is 11.5 Å². The minimum atomic E-state index is -0.0992. The lowest BCUT2D eigenvalue weighted by Gasteiger charge is -2.18. The monoisotopic (exact) mass is 277 g/mol. The highest BCUT2D eigenvalue weighted by Gasteiger charge is 2.14. The van der Waals surface area contributed by atoms with E-state index < -0.39 is 0 Å².